The maximum Gasteiger partial charge on any atom is 0.00129 e. The van der Waals surface area contributed by atoms with Crippen molar-refractivity contribution in [1.29, 1.82) is 0 Å². The number of likely N-dealkylation sites (tertiary alicyclic amines) is 1. The molecule has 3 atom stereocenters. The number of nitrogens with zero attached hydrogens (tertiary/aromatic N) is 1. The molecule has 17 heavy (non-hydrogen) atoms. The van der Waals surface area contributed by atoms with Gasteiger partial charge in [0.05, 0.1) is 0 Å². The van der Waals surface area contributed by atoms with E-state index in [1.807, 2.05) is 0 Å². The van der Waals surface area contributed by atoms with Gasteiger partial charge in [0.2, 0.25) is 0 Å². The van der Waals surface area contributed by atoms with Crippen LogP contribution in [0.15, 0.2) is 0 Å². The lowest BCUT2D eigenvalue weighted by molar-refractivity contribution is 0.111. The third-order valence-electron chi connectivity index (χ3n) is 5.04. The molecular formula is C15H30N2. The molecule has 100 valence electrons. The van der Waals surface area contributed by atoms with E-state index in [0.29, 0.717) is 0 Å². The highest BCUT2D eigenvalue weighted by molar-refractivity contribution is 4.81. The summed E-state index contributed by atoms with van der Waals surface area (Å²) in [7, 11) is 0. The summed E-state index contributed by atoms with van der Waals surface area (Å²) in [6, 6.07) is 0. The summed E-state index contributed by atoms with van der Waals surface area (Å²) in [6.45, 7) is 7.28. The lowest BCUT2D eigenvalue weighted by Crippen LogP contribution is -2.42. The molecular weight excluding hydrogens is 208 g/mol. The molecule has 1 aliphatic heterocycles. The first-order valence-corrected chi connectivity index (χ1v) is 7.76. The third kappa shape index (κ3) is 3.69. The van der Waals surface area contributed by atoms with Crippen LogP contribution in [0.25, 0.3) is 0 Å². The summed E-state index contributed by atoms with van der Waals surface area (Å²) in [6.07, 6.45) is 9.89. The minimum atomic E-state index is 0.811. The van der Waals surface area contributed by atoms with Crippen LogP contribution in [0.4, 0.5) is 0 Å². The first-order valence-electron chi connectivity index (χ1n) is 7.76. The topological polar surface area (TPSA) is 29.3 Å². The van der Waals surface area contributed by atoms with Crippen LogP contribution in [0.1, 0.15) is 51.9 Å². The van der Waals surface area contributed by atoms with Gasteiger partial charge in [-0.25, -0.2) is 0 Å². The van der Waals surface area contributed by atoms with Gasteiger partial charge in [-0.1, -0.05) is 26.2 Å². The van der Waals surface area contributed by atoms with Crippen LogP contribution in [0.2, 0.25) is 0 Å². The van der Waals surface area contributed by atoms with Gasteiger partial charge in [-0.3, -0.25) is 0 Å². The van der Waals surface area contributed by atoms with Crippen molar-refractivity contribution < 1.29 is 0 Å². The molecule has 2 nitrogen and oxygen atoms in total. The van der Waals surface area contributed by atoms with Gasteiger partial charge in [-0.15, -0.1) is 0 Å². The molecule has 2 fully saturated rings. The number of hydrogen-bond acceptors (Lipinski definition) is 2. The predicted molar refractivity (Wildman–Crippen MR) is 74.0 cm³/mol. The Morgan fingerprint density at radius 1 is 1.06 bits per heavy atom. The van der Waals surface area contributed by atoms with Crippen LogP contribution >= 0.6 is 0 Å². The van der Waals surface area contributed by atoms with E-state index >= 15 is 0 Å². The second kappa shape index (κ2) is 6.75. The molecule has 2 heteroatoms. The van der Waals surface area contributed by atoms with Gasteiger partial charge >= 0.3 is 0 Å². The molecule has 2 N–H and O–H groups in total. The molecule has 1 saturated heterocycles. The molecule has 3 unspecified atom stereocenters. The maximum absolute atomic E-state index is 5.93. The molecule has 0 aromatic heterocycles. The Labute approximate surface area is 107 Å². The molecule has 0 spiro atoms. The molecule has 2 aliphatic rings. The normalized spacial score (nSPS) is 36.0. The van der Waals surface area contributed by atoms with Gasteiger partial charge in [0.15, 0.2) is 0 Å². The summed E-state index contributed by atoms with van der Waals surface area (Å²) in [5, 5.41) is 0. The molecule has 0 amide bonds. The van der Waals surface area contributed by atoms with Gasteiger partial charge in [-0.2, -0.15) is 0 Å². The van der Waals surface area contributed by atoms with E-state index < -0.39 is 0 Å². The largest absolute Gasteiger partial charge is 0.330 e. The summed E-state index contributed by atoms with van der Waals surface area (Å²) >= 11 is 0. The summed E-state index contributed by atoms with van der Waals surface area (Å²) in [5.41, 5.74) is 5.93. The second-order valence-electron chi connectivity index (χ2n) is 6.22. The van der Waals surface area contributed by atoms with E-state index in [9.17, 15) is 0 Å². The molecule has 1 heterocycles. The molecule has 0 aromatic rings. The predicted octanol–water partition coefficient (Wildman–Crippen LogP) is 2.87. The average molecular weight is 238 g/mol. The fourth-order valence-corrected chi connectivity index (χ4v) is 3.82. The van der Waals surface area contributed by atoms with Crippen LogP contribution < -0.4 is 5.73 Å². The zero-order chi connectivity index (χ0) is 12.1. The SMILES string of the molecule is CCC1CCCN(CC2CCCCC2CN)C1. The molecule has 1 aliphatic carbocycles. The quantitative estimate of drug-likeness (QED) is 0.816. The first kappa shape index (κ1) is 13.4. The van der Waals surface area contributed by atoms with Gasteiger partial charge in [-0.05, 0) is 56.5 Å². The Bertz CT molecular complexity index is 217. The Hall–Kier alpha value is -0.0800. The molecule has 1 saturated carbocycles. The van der Waals surface area contributed by atoms with Crippen LogP contribution in [0, 0.1) is 17.8 Å². The zero-order valence-corrected chi connectivity index (χ0v) is 11.5. The molecule has 0 bridgehead atoms. The van der Waals surface area contributed by atoms with Crippen molar-refractivity contribution in [2.75, 3.05) is 26.2 Å². The van der Waals surface area contributed by atoms with E-state index in [2.05, 4.69) is 11.8 Å². The van der Waals surface area contributed by atoms with Crippen molar-refractivity contribution in [3.8, 4) is 0 Å². The fourth-order valence-electron chi connectivity index (χ4n) is 3.82. The summed E-state index contributed by atoms with van der Waals surface area (Å²) in [4.78, 5) is 2.73. The van der Waals surface area contributed by atoms with Crippen LogP contribution in [0.5, 0.6) is 0 Å². The highest BCUT2D eigenvalue weighted by Crippen LogP contribution is 2.31. The monoisotopic (exact) mass is 238 g/mol. The Morgan fingerprint density at radius 3 is 2.53 bits per heavy atom. The Kier molecular flexibility index (Phi) is 5.30. The van der Waals surface area contributed by atoms with Crippen molar-refractivity contribution in [1.82, 2.24) is 4.90 Å². The Balaban J connectivity index is 1.81. The smallest absolute Gasteiger partial charge is 0.00129 e. The number of piperidine rings is 1. The van der Waals surface area contributed by atoms with Crippen molar-refractivity contribution >= 4 is 0 Å². The van der Waals surface area contributed by atoms with Gasteiger partial charge in [0, 0.05) is 13.1 Å². The molecule has 0 radical (unpaired) electrons. The molecule has 2 rings (SSSR count). The third-order valence-corrected chi connectivity index (χ3v) is 5.04. The van der Waals surface area contributed by atoms with Crippen molar-refractivity contribution in [3.63, 3.8) is 0 Å². The second-order valence-corrected chi connectivity index (χ2v) is 6.22. The van der Waals surface area contributed by atoms with E-state index in [1.54, 1.807) is 0 Å². The zero-order valence-electron chi connectivity index (χ0n) is 11.5. The highest BCUT2D eigenvalue weighted by atomic mass is 15.1. The lowest BCUT2D eigenvalue weighted by Gasteiger charge is -2.38. The molecule has 0 aromatic carbocycles. The number of rotatable bonds is 4. The summed E-state index contributed by atoms with van der Waals surface area (Å²) in [5.74, 6) is 2.67. The lowest BCUT2D eigenvalue weighted by atomic mass is 9.78. The number of hydrogen-bond donors (Lipinski definition) is 1. The van der Waals surface area contributed by atoms with Gasteiger partial charge in [0.1, 0.15) is 0 Å². The fraction of sp³-hybridized carbons (Fsp3) is 1.00. The van der Waals surface area contributed by atoms with Crippen molar-refractivity contribution in [3.05, 3.63) is 0 Å². The summed E-state index contributed by atoms with van der Waals surface area (Å²) < 4.78 is 0. The average Bonchev–Trinajstić information content (AvgIpc) is 2.39. The maximum atomic E-state index is 5.93. The minimum absolute atomic E-state index is 0.811. The van der Waals surface area contributed by atoms with E-state index in [0.717, 1.165) is 24.3 Å². The standard InChI is InChI=1S/C15H30N2/c1-2-13-6-5-9-17(11-13)12-15-8-4-3-7-14(15)10-16/h13-15H,2-12,16H2,1H3. The van der Waals surface area contributed by atoms with E-state index in [1.165, 1.54) is 64.6 Å². The Morgan fingerprint density at radius 2 is 1.82 bits per heavy atom. The highest BCUT2D eigenvalue weighted by Gasteiger charge is 2.27. The number of nitrogens with two attached hydrogens (primary N) is 1. The van der Waals surface area contributed by atoms with Gasteiger partial charge in [0.25, 0.3) is 0 Å². The van der Waals surface area contributed by atoms with Crippen LogP contribution in [0.3, 0.4) is 0 Å². The van der Waals surface area contributed by atoms with Gasteiger partial charge < -0.3 is 10.6 Å². The first-order chi connectivity index (χ1) is 8.33. The van der Waals surface area contributed by atoms with Crippen LogP contribution in [-0.2, 0) is 0 Å². The van der Waals surface area contributed by atoms with Crippen molar-refractivity contribution in [2.45, 2.75) is 51.9 Å². The van der Waals surface area contributed by atoms with Crippen LogP contribution in [-0.4, -0.2) is 31.1 Å². The minimum Gasteiger partial charge on any atom is -0.330 e. The van der Waals surface area contributed by atoms with E-state index in [4.69, 9.17) is 5.73 Å². The van der Waals surface area contributed by atoms with Crippen molar-refractivity contribution in [2.24, 2.45) is 23.5 Å². The van der Waals surface area contributed by atoms with E-state index in [-0.39, 0.29) is 0 Å².